The summed E-state index contributed by atoms with van der Waals surface area (Å²) in [5.74, 6) is 0.0111. The van der Waals surface area contributed by atoms with Crippen molar-refractivity contribution in [2.75, 3.05) is 6.61 Å². The van der Waals surface area contributed by atoms with E-state index in [2.05, 4.69) is 34.8 Å². The number of carbonyl (C=O) groups is 1. The van der Waals surface area contributed by atoms with Gasteiger partial charge >= 0.3 is 0 Å². The second-order valence-electron chi connectivity index (χ2n) is 12.1. The third-order valence-corrected chi connectivity index (χ3v) is 9.48. The number of hydrogen-bond acceptors (Lipinski definition) is 6. The largest absolute Gasteiger partial charge is 0.505 e. The molecule has 0 spiro atoms. The van der Waals surface area contributed by atoms with Gasteiger partial charge in [0.15, 0.2) is 17.4 Å². The van der Waals surface area contributed by atoms with E-state index in [-0.39, 0.29) is 17.6 Å². The van der Waals surface area contributed by atoms with Gasteiger partial charge in [0.2, 0.25) is 5.91 Å². The van der Waals surface area contributed by atoms with Gasteiger partial charge < -0.3 is 19.3 Å². The predicted octanol–water partition coefficient (Wildman–Crippen LogP) is 5.46. The van der Waals surface area contributed by atoms with Crippen LogP contribution in [0.25, 0.3) is 33.7 Å². The topological polar surface area (TPSA) is 109 Å². The summed E-state index contributed by atoms with van der Waals surface area (Å²) in [6.07, 6.45) is 4.30. The van der Waals surface area contributed by atoms with Crippen molar-refractivity contribution in [2.24, 2.45) is 5.92 Å². The summed E-state index contributed by atoms with van der Waals surface area (Å²) in [5.41, 5.74) is 5.30. The maximum absolute atomic E-state index is 14.2. The lowest BCUT2D eigenvalue weighted by Gasteiger charge is -2.18. The maximum atomic E-state index is 14.2. The number of H-pyrrole nitrogens is 1. The second kappa shape index (κ2) is 10.1. The van der Waals surface area contributed by atoms with Crippen LogP contribution >= 0.6 is 0 Å². The summed E-state index contributed by atoms with van der Waals surface area (Å²) < 4.78 is 22.4. The van der Waals surface area contributed by atoms with Crippen LogP contribution in [0, 0.1) is 11.7 Å². The van der Waals surface area contributed by atoms with Crippen LogP contribution in [0.15, 0.2) is 24.4 Å². The highest BCUT2D eigenvalue weighted by atomic mass is 28.3. The van der Waals surface area contributed by atoms with Gasteiger partial charge in [-0.1, -0.05) is 26.6 Å². The van der Waals surface area contributed by atoms with Crippen LogP contribution in [0.3, 0.4) is 0 Å². The lowest BCUT2D eigenvalue weighted by Crippen LogP contribution is -2.27. The Bertz CT molecular complexity index is 1600. The highest BCUT2D eigenvalue weighted by Crippen LogP contribution is 2.37. The van der Waals surface area contributed by atoms with Gasteiger partial charge in [0, 0.05) is 37.7 Å². The Balaban J connectivity index is 1.34. The number of phenolic OH excluding ortho intramolecular Hbond substituents is 1. The number of ether oxygens (including phenoxy) is 1. The molecule has 2 aliphatic rings. The molecule has 0 saturated heterocycles. The highest BCUT2D eigenvalue weighted by molar-refractivity contribution is 6.76. The number of rotatable bonds is 9. The molecule has 2 N–H and O–H groups in total. The van der Waals surface area contributed by atoms with Crippen molar-refractivity contribution in [3.63, 3.8) is 0 Å². The summed E-state index contributed by atoms with van der Waals surface area (Å²) in [7, 11) is -1.25. The molecule has 0 unspecified atom stereocenters. The molecule has 1 amide bonds. The molecule has 1 fully saturated rings. The van der Waals surface area contributed by atoms with Crippen molar-refractivity contribution in [3.8, 4) is 28.5 Å². The minimum atomic E-state index is -1.25. The van der Waals surface area contributed by atoms with E-state index in [4.69, 9.17) is 9.72 Å². The van der Waals surface area contributed by atoms with E-state index in [0.29, 0.717) is 55.6 Å². The summed E-state index contributed by atoms with van der Waals surface area (Å²) in [6, 6.07) is 5.68. The lowest BCUT2D eigenvalue weighted by molar-refractivity contribution is -0.133. The number of fused-ring (bicyclic) bond motifs is 2. The molecule has 1 saturated carbocycles. The Kier molecular flexibility index (Phi) is 6.74. The molecule has 4 aromatic rings. The summed E-state index contributed by atoms with van der Waals surface area (Å²) in [4.78, 5) is 24.3. The number of phenols is 1. The Morgan fingerprint density at radius 2 is 2.02 bits per heavy atom. The van der Waals surface area contributed by atoms with Crippen molar-refractivity contribution in [2.45, 2.75) is 71.7 Å². The van der Waals surface area contributed by atoms with E-state index < -0.39 is 13.9 Å². The molecule has 0 bridgehead atoms. The maximum Gasteiger partial charge on any atom is 0.226 e. The van der Waals surface area contributed by atoms with Gasteiger partial charge in [-0.25, -0.2) is 9.37 Å². The predicted molar refractivity (Wildman–Crippen MR) is 153 cm³/mol. The Morgan fingerprint density at radius 1 is 1.23 bits per heavy atom. The Labute approximate surface area is 233 Å². The number of aromatic hydroxyl groups is 1. The fraction of sp³-hybridized carbons (Fsp3) is 0.448. The summed E-state index contributed by atoms with van der Waals surface area (Å²) in [5, 5.41) is 18.3. The number of halogens is 1. The summed E-state index contributed by atoms with van der Waals surface area (Å²) >= 11 is 0. The molecule has 6 rings (SSSR count). The van der Waals surface area contributed by atoms with Crippen molar-refractivity contribution >= 4 is 24.9 Å². The van der Waals surface area contributed by atoms with E-state index >= 15 is 0 Å². The first-order chi connectivity index (χ1) is 19.1. The van der Waals surface area contributed by atoms with Gasteiger partial charge in [-0.05, 0) is 49.1 Å². The molecule has 1 aliphatic heterocycles. The number of aromatic amines is 1. The molecule has 4 heterocycles. The van der Waals surface area contributed by atoms with Crippen LogP contribution in [0.1, 0.15) is 36.7 Å². The standard InChI is InChI=1S/C29H35FN6O3Si/c1-5-17-10-26(37)21(30)11-19(17)22-12-23-20(13-31-22)27(34-33-23)28-32-24-14-35(29(38)18-6-7-18)15-25(24)36(28)16-39-8-9-40(2,3)4/h10-13,18,37H,5-9,14-16H2,1-4H3,(H,33,34). The second-order valence-corrected chi connectivity index (χ2v) is 17.7. The number of amides is 1. The molecule has 3 aromatic heterocycles. The van der Waals surface area contributed by atoms with Crippen LogP contribution in [0.4, 0.5) is 4.39 Å². The number of nitrogens with one attached hydrogen (secondary N) is 1. The summed E-state index contributed by atoms with van der Waals surface area (Å²) in [6.45, 7) is 10.9. The molecule has 0 radical (unpaired) electrons. The van der Waals surface area contributed by atoms with Gasteiger partial charge in [0.1, 0.15) is 12.4 Å². The molecule has 9 nitrogen and oxygen atoms in total. The van der Waals surface area contributed by atoms with Gasteiger partial charge in [0.05, 0.1) is 35.7 Å². The van der Waals surface area contributed by atoms with E-state index in [1.165, 1.54) is 12.1 Å². The minimum Gasteiger partial charge on any atom is -0.505 e. The van der Waals surface area contributed by atoms with Crippen molar-refractivity contribution in [1.82, 2.24) is 29.6 Å². The Morgan fingerprint density at radius 3 is 2.75 bits per heavy atom. The molecular weight excluding hydrogens is 527 g/mol. The molecule has 40 heavy (non-hydrogen) atoms. The van der Waals surface area contributed by atoms with Gasteiger partial charge in [-0.15, -0.1) is 0 Å². The van der Waals surface area contributed by atoms with Crippen LogP contribution in [0.5, 0.6) is 5.75 Å². The van der Waals surface area contributed by atoms with E-state index in [0.717, 1.165) is 46.7 Å². The van der Waals surface area contributed by atoms with Crippen LogP contribution in [-0.4, -0.2) is 55.3 Å². The third kappa shape index (κ3) is 5.03. The fourth-order valence-corrected chi connectivity index (χ4v) is 5.98. The number of aryl methyl sites for hydroxylation is 1. The Hall–Kier alpha value is -3.57. The monoisotopic (exact) mass is 562 g/mol. The molecule has 0 atom stereocenters. The normalized spacial score (nSPS) is 15.3. The highest BCUT2D eigenvalue weighted by Gasteiger charge is 2.38. The van der Waals surface area contributed by atoms with Crippen molar-refractivity contribution < 1.29 is 19.0 Å². The number of aromatic nitrogens is 5. The molecule has 210 valence electrons. The first kappa shape index (κ1) is 26.6. The number of carbonyl (C=O) groups excluding carboxylic acids is 1. The van der Waals surface area contributed by atoms with Gasteiger partial charge in [-0.2, -0.15) is 5.10 Å². The molecule has 1 aliphatic carbocycles. The number of imidazole rings is 1. The van der Waals surface area contributed by atoms with Crippen LogP contribution in [-0.2, 0) is 35.8 Å². The van der Waals surface area contributed by atoms with Gasteiger partial charge in [0.25, 0.3) is 0 Å². The van der Waals surface area contributed by atoms with E-state index in [1.807, 2.05) is 22.5 Å². The van der Waals surface area contributed by atoms with Crippen LogP contribution in [0.2, 0.25) is 25.7 Å². The zero-order valence-corrected chi connectivity index (χ0v) is 24.4. The number of benzene rings is 1. The van der Waals surface area contributed by atoms with E-state index in [9.17, 15) is 14.3 Å². The average Bonchev–Trinajstić information content (AvgIpc) is 3.42. The smallest absolute Gasteiger partial charge is 0.226 e. The third-order valence-electron chi connectivity index (χ3n) is 7.78. The SMILES string of the molecule is CCc1cc(O)c(F)cc1-c1cc2[nH]nc(-c3nc4c(n3COCC[Si](C)(C)C)CN(C(=O)C3CC3)C4)c2cn1. The lowest BCUT2D eigenvalue weighted by atomic mass is 10.0. The van der Waals surface area contributed by atoms with Gasteiger partial charge in [-0.3, -0.25) is 14.9 Å². The van der Waals surface area contributed by atoms with Crippen LogP contribution < -0.4 is 0 Å². The molecule has 1 aromatic carbocycles. The number of hydrogen-bond donors (Lipinski definition) is 2. The fourth-order valence-electron chi connectivity index (χ4n) is 5.22. The van der Waals surface area contributed by atoms with Crippen molar-refractivity contribution in [1.29, 1.82) is 0 Å². The zero-order chi connectivity index (χ0) is 28.2. The first-order valence-corrected chi connectivity index (χ1v) is 17.6. The number of nitrogens with zero attached hydrogens (tertiary/aromatic N) is 5. The first-order valence-electron chi connectivity index (χ1n) is 13.9. The minimum absolute atomic E-state index is 0.163. The average molecular weight is 563 g/mol. The number of pyridine rings is 1. The van der Waals surface area contributed by atoms with Crippen molar-refractivity contribution in [3.05, 3.63) is 47.2 Å². The van der Waals surface area contributed by atoms with E-state index in [1.54, 1.807) is 6.20 Å². The zero-order valence-electron chi connectivity index (χ0n) is 23.4. The molecular formula is C29H35FN6O3Si. The molecule has 11 heteroatoms. The quantitative estimate of drug-likeness (QED) is 0.207.